The second kappa shape index (κ2) is 7.61. The van der Waals surface area contributed by atoms with Crippen molar-refractivity contribution in [3.05, 3.63) is 0 Å². The standard InChI is InChI=1S/C15H30N2OS2/c1-15(2,17-8-10-20(18)11-9-17)12-16-13-6-4-5-7-14(13)19-3/h13-14,16H,4-12H2,1-3H3. The zero-order chi connectivity index (χ0) is 14.6. The number of nitrogens with one attached hydrogen (secondary N) is 1. The molecular formula is C15H30N2OS2. The van der Waals surface area contributed by atoms with Crippen molar-refractivity contribution in [3.8, 4) is 0 Å². The Balaban J connectivity index is 1.83. The van der Waals surface area contributed by atoms with E-state index >= 15 is 0 Å². The van der Waals surface area contributed by atoms with Crippen LogP contribution in [0.2, 0.25) is 0 Å². The first-order valence-corrected chi connectivity index (χ1v) is 10.7. The van der Waals surface area contributed by atoms with Crippen LogP contribution in [0.5, 0.6) is 0 Å². The maximum Gasteiger partial charge on any atom is 0.0363 e. The lowest BCUT2D eigenvalue weighted by molar-refractivity contribution is 0.125. The molecule has 1 aliphatic heterocycles. The highest BCUT2D eigenvalue weighted by Gasteiger charge is 2.31. The third kappa shape index (κ3) is 4.46. The lowest BCUT2D eigenvalue weighted by Gasteiger charge is -2.42. The van der Waals surface area contributed by atoms with Gasteiger partial charge in [-0.05, 0) is 32.9 Å². The summed E-state index contributed by atoms with van der Waals surface area (Å²) in [5.41, 5.74) is 0.172. The van der Waals surface area contributed by atoms with Crippen molar-refractivity contribution in [3.63, 3.8) is 0 Å². The average Bonchev–Trinajstić information content (AvgIpc) is 2.46. The summed E-state index contributed by atoms with van der Waals surface area (Å²) in [5.74, 6) is 1.70. The van der Waals surface area contributed by atoms with Crippen molar-refractivity contribution in [2.45, 2.75) is 56.4 Å². The van der Waals surface area contributed by atoms with Gasteiger partial charge in [0.2, 0.25) is 0 Å². The number of nitrogens with zero attached hydrogens (tertiary/aromatic N) is 1. The number of rotatable bonds is 5. The van der Waals surface area contributed by atoms with Crippen LogP contribution in [-0.2, 0) is 10.8 Å². The zero-order valence-electron chi connectivity index (χ0n) is 13.2. The molecule has 2 aliphatic rings. The quantitative estimate of drug-likeness (QED) is 0.841. The molecule has 118 valence electrons. The predicted molar refractivity (Wildman–Crippen MR) is 91.1 cm³/mol. The molecule has 0 aromatic rings. The minimum Gasteiger partial charge on any atom is -0.311 e. The Labute approximate surface area is 131 Å². The smallest absolute Gasteiger partial charge is 0.0363 e. The number of thioether (sulfide) groups is 1. The largest absolute Gasteiger partial charge is 0.311 e. The van der Waals surface area contributed by atoms with Crippen LogP contribution in [-0.4, -0.2) is 63.3 Å². The first-order chi connectivity index (χ1) is 9.53. The Morgan fingerprint density at radius 2 is 1.90 bits per heavy atom. The van der Waals surface area contributed by atoms with Crippen LogP contribution in [0.15, 0.2) is 0 Å². The van der Waals surface area contributed by atoms with E-state index < -0.39 is 10.8 Å². The van der Waals surface area contributed by atoms with Crippen molar-refractivity contribution in [1.29, 1.82) is 0 Å². The molecule has 1 aliphatic carbocycles. The van der Waals surface area contributed by atoms with Gasteiger partial charge in [0, 0.05) is 58.8 Å². The second-order valence-electron chi connectivity index (χ2n) is 6.69. The highest BCUT2D eigenvalue weighted by atomic mass is 32.2. The molecule has 1 saturated carbocycles. The predicted octanol–water partition coefficient (Wildman–Crippen LogP) is 2.09. The van der Waals surface area contributed by atoms with E-state index in [-0.39, 0.29) is 5.54 Å². The Kier molecular flexibility index (Phi) is 6.39. The molecule has 2 atom stereocenters. The van der Waals surface area contributed by atoms with E-state index in [1.165, 1.54) is 25.7 Å². The summed E-state index contributed by atoms with van der Waals surface area (Å²) in [4.78, 5) is 2.51. The first kappa shape index (κ1) is 16.8. The molecule has 0 aromatic carbocycles. The first-order valence-electron chi connectivity index (χ1n) is 7.89. The molecule has 0 spiro atoms. The molecule has 20 heavy (non-hydrogen) atoms. The van der Waals surface area contributed by atoms with E-state index in [9.17, 15) is 4.21 Å². The highest BCUT2D eigenvalue weighted by molar-refractivity contribution is 7.99. The number of hydrogen-bond acceptors (Lipinski definition) is 4. The van der Waals surface area contributed by atoms with Gasteiger partial charge in [-0.1, -0.05) is 12.8 Å². The molecule has 2 fully saturated rings. The molecular weight excluding hydrogens is 288 g/mol. The lowest BCUT2D eigenvalue weighted by atomic mass is 9.93. The van der Waals surface area contributed by atoms with Crippen molar-refractivity contribution in [1.82, 2.24) is 10.2 Å². The van der Waals surface area contributed by atoms with Crippen molar-refractivity contribution < 1.29 is 4.21 Å². The monoisotopic (exact) mass is 318 g/mol. The molecule has 3 nitrogen and oxygen atoms in total. The van der Waals surface area contributed by atoms with E-state index in [1.54, 1.807) is 0 Å². The minimum absolute atomic E-state index is 0.172. The molecule has 0 bridgehead atoms. The number of hydrogen-bond donors (Lipinski definition) is 1. The fourth-order valence-corrected chi connectivity index (χ4v) is 5.36. The van der Waals surface area contributed by atoms with Crippen LogP contribution in [0.3, 0.4) is 0 Å². The van der Waals surface area contributed by atoms with E-state index in [4.69, 9.17) is 0 Å². The lowest BCUT2D eigenvalue weighted by Crippen LogP contribution is -2.57. The fourth-order valence-electron chi connectivity index (χ4n) is 3.35. The van der Waals surface area contributed by atoms with Crippen molar-refractivity contribution in [2.75, 3.05) is 37.4 Å². The summed E-state index contributed by atoms with van der Waals surface area (Å²) in [6, 6.07) is 0.678. The van der Waals surface area contributed by atoms with Gasteiger partial charge in [0.05, 0.1) is 0 Å². The molecule has 1 saturated heterocycles. The van der Waals surface area contributed by atoms with E-state index in [2.05, 4.69) is 30.3 Å². The summed E-state index contributed by atoms with van der Waals surface area (Å²) >= 11 is 2.02. The van der Waals surface area contributed by atoms with Gasteiger partial charge in [0.25, 0.3) is 0 Å². The Morgan fingerprint density at radius 1 is 1.25 bits per heavy atom. The maximum atomic E-state index is 11.5. The summed E-state index contributed by atoms with van der Waals surface area (Å²) < 4.78 is 11.5. The molecule has 1 heterocycles. The summed E-state index contributed by atoms with van der Waals surface area (Å²) in [6.07, 6.45) is 7.70. The minimum atomic E-state index is -0.576. The van der Waals surface area contributed by atoms with E-state index in [0.717, 1.165) is 36.4 Å². The molecule has 5 heteroatoms. The van der Waals surface area contributed by atoms with Gasteiger partial charge < -0.3 is 5.32 Å². The second-order valence-corrected chi connectivity index (χ2v) is 9.47. The van der Waals surface area contributed by atoms with Crippen LogP contribution >= 0.6 is 11.8 Å². The summed E-state index contributed by atoms with van der Waals surface area (Å²) in [7, 11) is -0.576. The van der Waals surface area contributed by atoms with Gasteiger partial charge in [-0.25, -0.2) is 0 Å². The zero-order valence-corrected chi connectivity index (χ0v) is 14.8. The Morgan fingerprint density at radius 3 is 2.55 bits per heavy atom. The highest BCUT2D eigenvalue weighted by Crippen LogP contribution is 2.27. The van der Waals surface area contributed by atoms with Gasteiger partial charge in [-0.15, -0.1) is 0 Å². The van der Waals surface area contributed by atoms with Crippen molar-refractivity contribution >= 4 is 22.6 Å². The van der Waals surface area contributed by atoms with Crippen LogP contribution in [0.25, 0.3) is 0 Å². The van der Waals surface area contributed by atoms with Gasteiger partial charge in [-0.3, -0.25) is 9.11 Å². The molecule has 2 unspecified atom stereocenters. The molecule has 0 aromatic heterocycles. The van der Waals surface area contributed by atoms with Crippen molar-refractivity contribution in [2.24, 2.45) is 0 Å². The maximum absolute atomic E-state index is 11.5. The van der Waals surface area contributed by atoms with Gasteiger partial charge in [0.1, 0.15) is 0 Å². The summed E-state index contributed by atoms with van der Waals surface area (Å²) in [5, 5.41) is 4.62. The Bertz CT molecular complexity index is 326. The third-order valence-electron chi connectivity index (χ3n) is 4.84. The van der Waals surface area contributed by atoms with Gasteiger partial charge in [0.15, 0.2) is 0 Å². The van der Waals surface area contributed by atoms with E-state index in [1.807, 2.05) is 11.8 Å². The van der Waals surface area contributed by atoms with Crippen LogP contribution in [0.4, 0.5) is 0 Å². The van der Waals surface area contributed by atoms with Gasteiger partial charge >= 0.3 is 0 Å². The molecule has 0 radical (unpaired) electrons. The fraction of sp³-hybridized carbons (Fsp3) is 1.00. The van der Waals surface area contributed by atoms with Crippen LogP contribution in [0.1, 0.15) is 39.5 Å². The third-order valence-corrected chi connectivity index (χ3v) is 7.28. The molecule has 2 rings (SSSR count). The van der Waals surface area contributed by atoms with Crippen LogP contribution in [0, 0.1) is 0 Å². The molecule has 1 N–H and O–H groups in total. The van der Waals surface area contributed by atoms with Crippen LogP contribution < -0.4 is 5.32 Å². The summed E-state index contributed by atoms with van der Waals surface area (Å²) in [6.45, 7) is 7.66. The normalized spacial score (nSPS) is 30.6. The van der Waals surface area contributed by atoms with Gasteiger partial charge in [-0.2, -0.15) is 11.8 Å². The van der Waals surface area contributed by atoms with E-state index in [0.29, 0.717) is 6.04 Å². The topological polar surface area (TPSA) is 32.3 Å². The molecule has 0 amide bonds. The average molecular weight is 319 g/mol. The SMILES string of the molecule is CSC1CCCCC1NCC(C)(C)N1CCS(=O)CC1. The Hall–Kier alpha value is 0.420.